The molecule has 5 rings (SSSR count). The Morgan fingerprint density at radius 2 is 1.91 bits per heavy atom. The summed E-state index contributed by atoms with van der Waals surface area (Å²) in [5, 5.41) is 11.0. The number of nitrogens with zero attached hydrogens (tertiary/aromatic N) is 5. The fraction of sp³-hybridized carbons (Fsp3) is 0.560. The van der Waals surface area contributed by atoms with E-state index in [-0.39, 0.29) is 23.8 Å². The summed E-state index contributed by atoms with van der Waals surface area (Å²) >= 11 is 6.11. The van der Waals surface area contributed by atoms with Crippen LogP contribution in [0, 0.1) is 0 Å². The lowest BCUT2D eigenvalue weighted by Crippen LogP contribution is -2.51. The summed E-state index contributed by atoms with van der Waals surface area (Å²) in [7, 11) is 0. The Labute approximate surface area is 205 Å². The van der Waals surface area contributed by atoms with E-state index in [1.807, 2.05) is 29.2 Å². The predicted molar refractivity (Wildman–Crippen MR) is 132 cm³/mol. The fourth-order valence-electron chi connectivity index (χ4n) is 5.62. The Morgan fingerprint density at radius 1 is 1.18 bits per heavy atom. The van der Waals surface area contributed by atoms with Crippen LogP contribution < -0.4 is 10.6 Å². The number of anilines is 1. The molecular formula is C25H33ClN6O2. The van der Waals surface area contributed by atoms with E-state index in [1.54, 1.807) is 6.33 Å². The first-order chi connectivity index (χ1) is 16.4. The van der Waals surface area contributed by atoms with Crippen molar-refractivity contribution in [3.8, 4) is 0 Å². The van der Waals surface area contributed by atoms with Crippen LogP contribution in [-0.2, 0) is 4.79 Å². The lowest BCUT2D eigenvalue weighted by molar-refractivity contribution is -0.133. The van der Waals surface area contributed by atoms with Gasteiger partial charge in [0, 0.05) is 55.9 Å². The number of rotatable bonds is 5. The van der Waals surface area contributed by atoms with Crippen LogP contribution in [0.15, 0.2) is 30.6 Å². The zero-order valence-corrected chi connectivity index (χ0v) is 20.4. The molecule has 0 saturated carbocycles. The second-order valence-corrected chi connectivity index (χ2v) is 10.3. The molecule has 1 aromatic heterocycles. The minimum absolute atomic E-state index is 0.152. The maximum Gasteiger partial charge on any atom is 0.231 e. The van der Waals surface area contributed by atoms with Gasteiger partial charge in [0.15, 0.2) is 0 Å². The molecule has 2 fully saturated rings. The molecule has 1 amide bonds. The molecule has 3 N–H and O–H groups in total. The summed E-state index contributed by atoms with van der Waals surface area (Å²) in [6, 6.07) is 7.83. The summed E-state index contributed by atoms with van der Waals surface area (Å²) in [5.74, 6) is 1.04. The van der Waals surface area contributed by atoms with Gasteiger partial charge in [-0.05, 0) is 43.0 Å². The Balaban J connectivity index is 1.30. The normalized spacial score (nSPS) is 26.1. The number of aromatic nitrogens is 2. The fourth-order valence-corrected chi connectivity index (χ4v) is 5.75. The summed E-state index contributed by atoms with van der Waals surface area (Å²) in [5.41, 5.74) is 8.92. The molecule has 0 radical (unpaired) electrons. The molecule has 1 aromatic carbocycles. The van der Waals surface area contributed by atoms with Crippen LogP contribution in [0.2, 0.25) is 5.02 Å². The molecular weight excluding hydrogens is 452 g/mol. The Hall–Kier alpha value is -2.26. The predicted octanol–water partition coefficient (Wildman–Crippen LogP) is 2.14. The van der Waals surface area contributed by atoms with Gasteiger partial charge in [0.1, 0.15) is 12.1 Å². The molecule has 34 heavy (non-hydrogen) atoms. The third-order valence-electron chi connectivity index (χ3n) is 7.49. The lowest BCUT2D eigenvalue weighted by Gasteiger charge is -2.38. The average Bonchev–Trinajstić information content (AvgIpc) is 3.39. The molecule has 2 aromatic rings. The maximum atomic E-state index is 13.7. The van der Waals surface area contributed by atoms with Crippen LogP contribution in [-0.4, -0.2) is 82.6 Å². The first kappa shape index (κ1) is 23.5. The number of amides is 1. The van der Waals surface area contributed by atoms with Gasteiger partial charge in [-0.3, -0.25) is 4.79 Å². The van der Waals surface area contributed by atoms with Crippen LogP contribution in [0.4, 0.5) is 5.82 Å². The van der Waals surface area contributed by atoms with Crippen molar-refractivity contribution in [1.29, 1.82) is 0 Å². The second kappa shape index (κ2) is 9.77. The third kappa shape index (κ3) is 4.64. The molecule has 1 unspecified atom stereocenters. The molecule has 9 heteroatoms. The molecule has 8 nitrogen and oxygen atoms in total. The van der Waals surface area contributed by atoms with E-state index < -0.39 is 6.10 Å². The molecule has 3 aliphatic rings. The highest BCUT2D eigenvalue weighted by Gasteiger charge is 2.35. The maximum absolute atomic E-state index is 13.7. The van der Waals surface area contributed by atoms with Crippen molar-refractivity contribution in [2.45, 2.75) is 43.7 Å². The summed E-state index contributed by atoms with van der Waals surface area (Å²) in [6.07, 6.45) is 2.68. The summed E-state index contributed by atoms with van der Waals surface area (Å²) in [6.45, 7) is 7.23. The summed E-state index contributed by atoms with van der Waals surface area (Å²) in [4.78, 5) is 29.1. The van der Waals surface area contributed by atoms with E-state index in [0.29, 0.717) is 44.2 Å². The van der Waals surface area contributed by atoms with E-state index in [2.05, 4.69) is 26.7 Å². The first-order valence-corrected chi connectivity index (χ1v) is 12.6. The largest absolute Gasteiger partial charge is 0.387 e. The SMILES string of the molecule is C[C@@H]1C[C@@H](O)c2ncnc(N3CCN(C(=O)[C@H](CN4CCC(N)C4)c4ccc(Cl)cc4)CC3)c21. The van der Waals surface area contributed by atoms with Crippen molar-refractivity contribution in [3.63, 3.8) is 0 Å². The van der Waals surface area contributed by atoms with Crippen molar-refractivity contribution in [2.24, 2.45) is 5.73 Å². The van der Waals surface area contributed by atoms with Crippen LogP contribution >= 0.6 is 11.6 Å². The minimum atomic E-state index is -0.520. The van der Waals surface area contributed by atoms with Gasteiger partial charge in [0.2, 0.25) is 5.91 Å². The second-order valence-electron chi connectivity index (χ2n) is 9.87. The highest BCUT2D eigenvalue weighted by Crippen LogP contribution is 2.42. The van der Waals surface area contributed by atoms with Crippen molar-refractivity contribution in [3.05, 3.63) is 52.4 Å². The van der Waals surface area contributed by atoms with E-state index in [9.17, 15) is 9.90 Å². The number of aliphatic hydroxyl groups excluding tert-OH is 1. The molecule has 0 spiro atoms. The van der Waals surface area contributed by atoms with Gasteiger partial charge >= 0.3 is 0 Å². The minimum Gasteiger partial charge on any atom is -0.387 e. The molecule has 182 valence electrons. The highest BCUT2D eigenvalue weighted by atomic mass is 35.5. The monoisotopic (exact) mass is 484 g/mol. The van der Waals surface area contributed by atoms with Crippen molar-refractivity contribution >= 4 is 23.3 Å². The topological polar surface area (TPSA) is 98.8 Å². The molecule has 2 aliphatic heterocycles. The van der Waals surface area contributed by atoms with Crippen LogP contribution in [0.1, 0.15) is 54.5 Å². The number of benzene rings is 1. The number of fused-ring (bicyclic) bond motifs is 1. The quantitative estimate of drug-likeness (QED) is 0.670. The molecule has 3 heterocycles. The molecule has 1 aliphatic carbocycles. The number of likely N-dealkylation sites (tertiary alicyclic amines) is 1. The smallest absolute Gasteiger partial charge is 0.231 e. The number of aliphatic hydroxyl groups is 1. The van der Waals surface area contributed by atoms with E-state index in [1.165, 1.54) is 0 Å². The number of hydrogen-bond donors (Lipinski definition) is 2. The highest BCUT2D eigenvalue weighted by molar-refractivity contribution is 6.30. The standard InChI is InChI=1S/C25H33ClN6O2/c1-16-12-21(33)23-22(16)24(29-15-28-23)31-8-10-32(11-9-31)25(34)20(14-30-7-6-19(27)13-30)17-2-4-18(26)5-3-17/h2-5,15-16,19-21,33H,6-14,27H2,1H3/t16-,19?,20-,21-/m1/s1. The molecule has 2 saturated heterocycles. The molecule has 0 bridgehead atoms. The summed E-state index contributed by atoms with van der Waals surface area (Å²) < 4.78 is 0. The average molecular weight is 485 g/mol. The van der Waals surface area contributed by atoms with E-state index in [0.717, 1.165) is 42.1 Å². The van der Waals surface area contributed by atoms with Gasteiger partial charge in [0.05, 0.1) is 17.7 Å². The van der Waals surface area contributed by atoms with Crippen LogP contribution in [0.3, 0.4) is 0 Å². The van der Waals surface area contributed by atoms with E-state index in [4.69, 9.17) is 17.3 Å². The third-order valence-corrected chi connectivity index (χ3v) is 7.74. The lowest BCUT2D eigenvalue weighted by atomic mass is 9.96. The van der Waals surface area contributed by atoms with Gasteiger partial charge in [0.25, 0.3) is 0 Å². The first-order valence-electron chi connectivity index (χ1n) is 12.2. The van der Waals surface area contributed by atoms with Crippen molar-refractivity contribution in [2.75, 3.05) is 50.7 Å². The number of nitrogens with two attached hydrogens (primary N) is 1. The van der Waals surface area contributed by atoms with Gasteiger partial charge in [-0.25, -0.2) is 9.97 Å². The zero-order chi connectivity index (χ0) is 23.8. The Bertz CT molecular complexity index is 1030. The van der Waals surface area contributed by atoms with Gasteiger partial charge in [-0.1, -0.05) is 30.7 Å². The van der Waals surface area contributed by atoms with Gasteiger partial charge < -0.3 is 25.5 Å². The van der Waals surface area contributed by atoms with E-state index >= 15 is 0 Å². The Morgan fingerprint density at radius 3 is 2.59 bits per heavy atom. The van der Waals surface area contributed by atoms with Crippen molar-refractivity contribution < 1.29 is 9.90 Å². The molecule has 4 atom stereocenters. The number of carbonyl (C=O) groups excluding carboxylic acids is 1. The number of carbonyl (C=O) groups is 1. The van der Waals surface area contributed by atoms with Crippen LogP contribution in [0.5, 0.6) is 0 Å². The number of hydrogen-bond acceptors (Lipinski definition) is 7. The van der Waals surface area contributed by atoms with Gasteiger partial charge in [-0.15, -0.1) is 0 Å². The number of halogens is 1. The number of piperazine rings is 1. The van der Waals surface area contributed by atoms with Gasteiger partial charge in [-0.2, -0.15) is 0 Å². The van der Waals surface area contributed by atoms with Crippen LogP contribution in [0.25, 0.3) is 0 Å². The Kier molecular flexibility index (Phi) is 6.75. The zero-order valence-electron chi connectivity index (χ0n) is 19.6. The van der Waals surface area contributed by atoms with Crippen molar-refractivity contribution in [1.82, 2.24) is 19.8 Å².